The highest BCUT2D eigenvalue weighted by molar-refractivity contribution is 5.85. The second-order valence-corrected chi connectivity index (χ2v) is 5.26. The van der Waals surface area contributed by atoms with Crippen LogP contribution in [-0.4, -0.2) is 24.4 Å². The zero-order valence-corrected chi connectivity index (χ0v) is 11.6. The summed E-state index contributed by atoms with van der Waals surface area (Å²) in [4.78, 5) is 0. The van der Waals surface area contributed by atoms with Crippen LogP contribution in [0.2, 0.25) is 0 Å². The fourth-order valence-corrected chi connectivity index (χ4v) is 1.82. The highest BCUT2D eigenvalue weighted by atomic mass is 16.5. The van der Waals surface area contributed by atoms with Crippen LogP contribution in [0.1, 0.15) is 20.3 Å². The maximum Gasteiger partial charge on any atom is 0.119 e. The molecule has 0 radical (unpaired) electrons. The fraction of sp³-hybridized carbons (Fsp3) is 0.375. The molecule has 2 aromatic carbocycles. The van der Waals surface area contributed by atoms with Gasteiger partial charge in [-0.05, 0) is 48.9 Å². The van der Waals surface area contributed by atoms with Crippen LogP contribution in [0.5, 0.6) is 11.5 Å². The van der Waals surface area contributed by atoms with Gasteiger partial charge in [0.25, 0.3) is 0 Å². The molecule has 0 spiro atoms. The molecule has 0 fully saturated rings. The molecular weight excluding hydrogens is 240 g/mol. The number of ether oxygens (including phenoxy) is 2. The average molecular weight is 260 g/mol. The molecule has 3 heteroatoms. The maximum atomic E-state index is 9.48. The van der Waals surface area contributed by atoms with Crippen molar-refractivity contribution in [3.05, 3.63) is 36.4 Å². The Morgan fingerprint density at radius 1 is 1.05 bits per heavy atom. The van der Waals surface area contributed by atoms with Gasteiger partial charge in [-0.15, -0.1) is 0 Å². The molecule has 0 saturated carbocycles. The molecule has 0 aliphatic carbocycles. The van der Waals surface area contributed by atoms with Gasteiger partial charge in [0.2, 0.25) is 0 Å². The first kappa shape index (κ1) is 13.7. The molecule has 0 aromatic heterocycles. The van der Waals surface area contributed by atoms with E-state index in [2.05, 4.69) is 0 Å². The second kappa shape index (κ2) is 5.49. The lowest BCUT2D eigenvalue weighted by molar-refractivity contribution is 0.00547. The first-order valence-corrected chi connectivity index (χ1v) is 6.41. The van der Waals surface area contributed by atoms with E-state index in [-0.39, 0.29) is 11.4 Å². The van der Waals surface area contributed by atoms with E-state index in [0.29, 0.717) is 6.61 Å². The first-order chi connectivity index (χ1) is 9.00. The van der Waals surface area contributed by atoms with Crippen molar-refractivity contribution in [3.8, 4) is 11.5 Å². The number of benzene rings is 2. The molecule has 3 nitrogen and oxygen atoms in total. The summed E-state index contributed by atoms with van der Waals surface area (Å²) in [5, 5.41) is 11.5. The van der Waals surface area contributed by atoms with E-state index < -0.39 is 0 Å². The molecule has 0 unspecified atom stereocenters. The Bertz CT molecular complexity index is 561. The topological polar surface area (TPSA) is 38.7 Å². The number of methoxy groups -OCH3 is 1. The van der Waals surface area contributed by atoms with Gasteiger partial charge in [-0.2, -0.15) is 0 Å². The van der Waals surface area contributed by atoms with E-state index in [1.807, 2.05) is 38.1 Å². The van der Waals surface area contributed by atoms with Gasteiger partial charge in [0.05, 0.1) is 12.2 Å². The molecule has 0 saturated heterocycles. The predicted octanol–water partition coefficient (Wildman–Crippen LogP) is 3.74. The van der Waals surface area contributed by atoms with Crippen LogP contribution in [0.15, 0.2) is 36.4 Å². The summed E-state index contributed by atoms with van der Waals surface area (Å²) in [6.45, 7) is 4.68. The van der Waals surface area contributed by atoms with Crippen molar-refractivity contribution >= 4 is 10.8 Å². The Labute approximate surface area is 113 Å². The largest absolute Gasteiger partial charge is 0.508 e. The molecule has 1 N–H and O–H groups in total. The van der Waals surface area contributed by atoms with Gasteiger partial charge in [0.15, 0.2) is 0 Å². The summed E-state index contributed by atoms with van der Waals surface area (Å²) >= 11 is 0. The molecule has 0 bridgehead atoms. The molecule has 19 heavy (non-hydrogen) atoms. The monoisotopic (exact) mass is 260 g/mol. The zero-order valence-electron chi connectivity index (χ0n) is 11.6. The smallest absolute Gasteiger partial charge is 0.119 e. The zero-order chi connectivity index (χ0) is 13.9. The van der Waals surface area contributed by atoms with Gasteiger partial charge < -0.3 is 14.6 Å². The molecule has 2 aromatic rings. The third-order valence-corrected chi connectivity index (χ3v) is 3.32. The van der Waals surface area contributed by atoms with E-state index in [9.17, 15) is 5.11 Å². The van der Waals surface area contributed by atoms with Gasteiger partial charge in [-0.25, -0.2) is 0 Å². The van der Waals surface area contributed by atoms with Crippen LogP contribution in [0.4, 0.5) is 0 Å². The Morgan fingerprint density at radius 2 is 1.79 bits per heavy atom. The number of aromatic hydroxyl groups is 1. The SMILES string of the molecule is COC(C)(C)CCOc1ccc2ccc(O)cc2c1. The highest BCUT2D eigenvalue weighted by Gasteiger charge is 2.15. The molecular formula is C16H20O3. The van der Waals surface area contributed by atoms with Crippen LogP contribution >= 0.6 is 0 Å². The van der Waals surface area contributed by atoms with Gasteiger partial charge in [0.1, 0.15) is 11.5 Å². The van der Waals surface area contributed by atoms with Crippen molar-refractivity contribution in [2.24, 2.45) is 0 Å². The maximum absolute atomic E-state index is 9.48. The summed E-state index contributed by atoms with van der Waals surface area (Å²) in [6, 6.07) is 11.2. The fourth-order valence-electron chi connectivity index (χ4n) is 1.82. The standard InChI is InChI=1S/C16H20O3/c1-16(2,18-3)8-9-19-15-7-5-12-4-6-14(17)10-13(12)11-15/h4-7,10-11,17H,8-9H2,1-3H3. The third kappa shape index (κ3) is 3.61. The summed E-state index contributed by atoms with van der Waals surface area (Å²) in [6.07, 6.45) is 0.821. The lowest BCUT2D eigenvalue weighted by Gasteiger charge is -2.22. The van der Waals surface area contributed by atoms with Crippen molar-refractivity contribution in [2.75, 3.05) is 13.7 Å². The normalized spacial score (nSPS) is 11.7. The summed E-state index contributed by atoms with van der Waals surface area (Å²) in [5.41, 5.74) is -0.172. The number of phenols is 1. The molecule has 0 amide bonds. The summed E-state index contributed by atoms with van der Waals surface area (Å²) in [7, 11) is 1.71. The molecule has 102 valence electrons. The Morgan fingerprint density at radius 3 is 2.53 bits per heavy atom. The van der Waals surface area contributed by atoms with Gasteiger partial charge >= 0.3 is 0 Å². The molecule has 0 atom stereocenters. The lowest BCUT2D eigenvalue weighted by atomic mass is 10.1. The summed E-state index contributed by atoms with van der Waals surface area (Å²) in [5.74, 6) is 1.08. The Kier molecular flexibility index (Phi) is 3.96. The number of fused-ring (bicyclic) bond motifs is 1. The average Bonchev–Trinajstić information content (AvgIpc) is 2.38. The molecule has 0 aliphatic heterocycles. The van der Waals surface area contributed by atoms with E-state index in [0.717, 1.165) is 22.9 Å². The van der Waals surface area contributed by atoms with Crippen molar-refractivity contribution in [3.63, 3.8) is 0 Å². The number of rotatable bonds is 5. The van der Waals surface area contributed by atoms with Crippen molar-refractivity contribution in [2.45, 2.75) is 25.9 Å². The van der Waals surface area contributed by atoms with Crippen molar-refractivity contribution in [1.82, 2.24) is 0 Å². The lowest BCUT2D eigenvalue weighted by Crippen LogP contribution is -2.25. The van der Waals surface area contributed by atoms with E-state index in [1.165, 1.54) is 0 Å². The van der Waals surface area contributed by atoms with Crippen LogP contribution in [0.25, 0.3) is 10.8 Å². The van der Waals surface area contributed by atoms with Crippen LogP contribution in [0.3, 0.4) is 0 Å². The minimum Gasteiger partial charge on any atom is -0.508 e. The Hall–Kier alpha value is -1.74. The van der Waals surface area contributed by atoms with E-state index >= 15 is 0 Å². The Balaban J connectivity index is 2.05. The van der Waals surface area contributed by atoms with Gasteiger partial charge in [0, 0.05) is 13.5 Å². The number of hydrogen-bond acceptors (Lipinski definition) is 3. The molecule has 2 rings (SSSR count). The molecule has 0 heterocycles. The third-order valence-electron chi connectivity index (χ3n) is 3.32. The van der Waals surface area contributed by atoms with E-state index in [1.54, 1.807) is 19.2 Å². The van der Waals surface area contributed by atoms with Crippen molar-refractivity contribution in [1.29, 1.82) is 0 Å². The van der Waals surface area contributed by atoms with Crippen molar-refractivity contribution < 1.29 is 14.6 Å². The first-order valence-electron chi connectivity index (χ1n) is 6.41. The summed E-state index contributed by atoms with van der Waals surface area (Å²) < 4.78 is 11.1. The predicted molar refractivity (Wildman–Crippen MR) is 76.8 cm³/mol. The van der Waals surface area contributed by atoms with E-state index in [4.69, 9.17) is 9.47 Å². The van der Waals surface area contributed by atoms with Crippen LogP contribution in [0, 0.1) is 0 Å². The van der Waals surface area contributed by atoms with Gasteiger partial charge in [-0.3, -0.25) is 0 Å². The highest BCUT2D eigenvalue weighted by Crippen LogP contribution is 2.25. The molecule has 0 aliphatic rings. The number of hydrogen-bond donors (Lipinski definition) is 1. The number of phenolic OH excluding ortho intramolecular Hbond substituents is 1. The minimum atomic E-state index is -0.172. The minimum absolute atomic E-state index is 0.172. The van der Waals surface area contributed by atoms with Gasteiger partial charge in [-0.1, -0.05) is 12.1 Å². The second-order valence-electron chi connectivity index (χ2n) is 5.26. The van der Waals surface area contributed by atoms with Crippen LogP contribution < -0.4 is 4.74 Å². The van der Waals surface area contributed by atoms with Crippen LogP contribution in [-0.2, 0) is 4.74 Å². The quantitative estimate of drug-likeness (QED) is 0.890.